The molecule has 1 fully saturated rings. The van der Waals surface area contributed by atoms with Gasteiger partial charge in [0.1, 0.15) is 17.0 Å². The fourth-order valence-electron chi connectivity index (χ4n) is 3.08. The second-order valence-corrected chi connectivity index (χ2v) is 7.07. The van der Waals surface area contributed by atoms with Crippen molar-refractivity contribution >= 4 is 39.2 Å². The molecule has 3 aromatic heterocycles. The first kappa shape index (κ1) is 16.7. The number of carbonyl (C=O) groups excluding carboxylic acids is 1. The van der Waals surface area contributed by atoms with Gasteiger partial charge < -0.3 is 15.1 Å². The van der Waals surface area contributed by atoms with Crippen LogP contribution in [0.4, 0.5) is 10.9 Å². The number of rotatable bonds is 4. The normalized spacial score (nSPS) is 14.8. The van der Waals surface area contributed by atoms with Gasteiger partial charge >= 0.3 is 0 Å². The van der Waals surface area contributed by atoms with Crippen LogP contribution in [0.5, 0.6) is 0 Å². The molecule has 4 heterocycles. The van der Waals surface area contributed by atoms with Crippen molar-refractivity contribution in [1.29, 1.82) is 0 Å². The molecular formula is C16H20N8OS. The lowest BCUT2D eigenvalue weighted by Gasteiger charge is -2.35. The highest BCUT2D eigenvalue weighted by atomic mass is 32.1. The minimum Gasteiger partial charge on any atom is -0.362 e. The maximum absolute atomic E-state index is 12.7. The van der Waals surface area contributed by atoms with Gasteiger partial charge in [-0.15, -0.1) is 0 Å². The first-order valence-corrected chi connectivity index (χ1v) is 9.35. The summed E-state index contributed by atoms with van der Waals surface area (Å²) < 4.78 is 1.74. The van der Waals surface area contributed by atoms with Crippen LogP contribution in [-0.4, -0.2) is 68.3 Å². The number of hydrogen-bond acceptors (Lipinski definition) is 8. The van der Waals surface area contributed by atoms with Crippen molar-refractivity contribution in [1.82, 2.24) is 29.6 Å². The number of nitrogens with zero attached hydrogens (tertiary/aromatic N) is 7. The highest BCUT2D eigenvalue weighted by Gasteiger charge is 2.25. The Morgan fingerprint density at radius 3 is 2.77 bits per heavy atom. The average molecular weight is 372 g/mol. The van der Waals surface area contributed by atoms with E-state index in [-0.39, 0.29) is 5.91 Å². The van der Waals surface area contributed by atoms with E-state index in [1.165, 1.54) is 11.3 Å². The van der Waals surface area contributed by atoms with E-state index in [1.807, 2.05) is 18.9 Å². The molecule has 0 unspecified atom stereocenters. The van der Waals surface area contributed by atoms with Gasteiger partial charge in [-0.25, -0.2) is 15.0 Å². The third-order valence-corrected chi connectivity index (χ3v) is 5.36. The molecule has 1 N–H and O–H groups in total. The number of piperazine rings is 1. The summed E-state index contributed by atoms with van der Waals surface area (Å²) in [5.74, 6) is 0.919. The van der Waals surface area contributed by atoms with Gasteiger partial charge in [-0.3, -0.25) is 9.48 Å². The minimum absolute atomic E-state index is 0.0421. The van der Waals surface area contributed by atoms with E-state index in [0.29, 0.717) is 18.0 Å². The van der Waals surface area contributed by atoms with Gasteiger partial charge in [0.25, 0.3) is 5.91 Å². The number of aryl methyl sites for hydroxylation is 1. The highest BCUT2D eigenvalue weighted by molar-refractivity contribution is 7.17. The van der Waals surface area contributed by atoms with Crippen LogP contribution in [0, 0.1) is 0 Å². The Kier molecular flexibility index (Phi) is 4.41. The molecule has 0 spiro atoms. The molecule has 1 aliphatic rings. The summed E-state index contributed by atoms with van der Waals surface area (Å²) in [5, 5.41) is 9.13. The molecule has 10 heteroatoms. The van der Waals surface area contributed by atoms with Crippen molar-refractivity contribution in [2.75, 3.05) is 42.9 Å². The maximum Gasteiger partial charge on any atom is 0.265 e. The molecule has 136 valence electrons. The standard InChI is InChI=1S/C16H20N8OS/c1-3-17-16-18-9-12(26-16)15(25)24-6-4-23(5-7-24)14-11-8-21-22(2)13(11)19-10-20-14/h8-10H,3-7H2,1-2H3,(H,17,18). The van der Waals surface area contributed by atoms with Crippen LogP contribution in [-0.2, 0) is 7.05 Å². The molecule has 0 saturated carbocycles. The predicted octanol–water partition coefficient (Wildman–Crippen LogP) is 1.21. The zero-order valence-electron chi connectivity index (χ0n) is 14.7. The summed E-state index contributed by atoms with van der Waals surface area (Å²) in [6, 6.07) is 0. The Bertz CT molecular complexity index is 927. The van der Waals surface area contributed by atoms with Crippen molar-refractivity contribution < 1.29 is 4.79 Å². The lowest BCUT2D eigenvalue weighted by Crippen LogP contribution is -2.49. The van der Waals surface area contributed by atoms with Gasteiger partial charge in [0, 0.05) is 39.8 Å². The molecule has 1 amide bonds. The zero-order valence-corrected chi connectivity index (χ0v) is 15.5. The number of carbonyl (C=O) groups is 1. The number of nitrogens with one attached hydrogen (secondary N) is 1. The van der Waals surface area contributed by atoms with Crippen LogP contribution in [0.25, 0.3) is 11.0 Å². The van der Waals surface area contributed by atoms with Gasteiger partial charge in [0.15, 0.2) is 10.8 Å². The Balaban J connectivity index is 1.45. The fraction of sp³-hybridized carbons (Fsp3) is 0.438. The minimum atomic E-state index is 0.0421. The molecular weight excluding hydrogens is 352 g/mol. The molecule has 9 nitrogen and oxygen atoms in total. The summed E-state index contributed by atoms with van der Waals surface area (Å²) in [6.45, 7) is 5.56. The van der Waals surface area contributed by atoms with E-state index in [9.17, 15) is 4.79 Å². The van der Waals surface area contributed by atoms with E-state index in [0.717, 1.165) is 41.6 Å². The largest absolute Gasteiger partial charge is 0.362 e. The second-order valence-electron chi connectivity index (χ2n) is 6.04. The van der Waals surface area contributed by atoms with E-state index in [1.54, 1.807) is 23.4 Å². The van der Waals surface area contributed by atoms with Gasteiger partial charge in [-0.2, -0.15) is 5.10 Å². The highest BCUT2D eigenvalue weighted by Crippen LogP contribution is 2.24. The monoisotopic (exact) mass is 372 g/mol. The molecule has 0 aliphatic carbocycles. The van der Waals surface area contributed by atoms with E-state index in [4.69, 9.17) is 0 Å². The van der Waals surface area contributed by atoms with Gasteiger partial charge in [-0.05, 0) is 6.92 Å². The molecule has 1 aliphatic heterocycles. The summed E-state index contributed by atoms with van der Waals surface area (Å²) in [6.07, 6.45) is 5.01. The number of hydrogen-bond donors (Lipinski definition) is 1. The Morgan fingerprint density at radius 1 is 1.19 bits per heavy atom. The van der Waals surface area contributed by atoms with E-state index < -0.39 is 0 Å². The van der Waals surface area contributed by atoms with Crippen LogP contribution >= 0.6 is 11.3 Å². The number of fused-ring (bicyclic) bond motifs is 1. The van der Waals surface area contributed by atoms with E-state index >= 15 is 0 Å². The average Bonchev–Trinajstić information content (AvgIpc) is 3.29. The van der Waals surface area contributed by atoms with Crippen LogP contribution in [0.3, 0.4) is 0 Å². The number of aromatic nitrogens is 5. The predicted molar refractivity (Wildman–Crippen MR) is 101 cm³/mol. The van der Waals surface area contributed by atoms with Crippen LogP contribution < -0.4 is 10.2 Å². The quantitative estimate of drug-likeness (QED) is 0.736. The van der Waals surface area contributed by atoms with Crippen molar-refractivity contribution in [3.63, 3.8) is 0 Å². The lowest BCUT2D eigenvalue weighted by atomic mass is 10.2. The topological polar surface area (TPSA) is 92.1 Å². The molecule has 0 bridgehead atoms. The summed E-state index contributed by atoms with van der Waals surface area (Å²) in [5.41, 5.74) is 0.814. The summed E-state index contributed by atoms with van der Waals surface area (Å²) >= 11 is 1.40. The van der Waals surface area contributed by atoms with Crippen LogP contribution in [0.15, 0.2) is 18.7 Å². The van der Waals surface area contributed by atoms with Gasteiger partial charge in [0.05, 0.1) is 17.8 Å². The second kappa shape index (κ2) is 6.87. The van der Waals surface area contributed by atoms with Crippen molar-refractivity contribution in [3.8, 4) is 0 Å². The molecule has 4 rings (SSSR count). The lowest BCUT2D eigenvalue weighted by molar-refractivity contribution is 0.0751. The Morgan fingerprint density at radius 2 is 2.00 bits per heavy atom. The molecule has 1 saturated heterocycles. The van der Waals surface area contributed by atoms with Crippen molar-refractivity contribution in [2.24, 2.45) is 7.05 Å². The number of amides is 1. The SMILES string of the molecule is CCNc1ncc(C(=O)N2CCN(c3ncnc4c3cnn4C)CC2)s1. The maximum atomic E-state index is 12.7. The summed E-state index contributed by atoms with van der Waals surface area (Å²) in [4.78, 5) is 30.4. The van der Waals surface area contributed by atoms with Crippen LogP contribution in [0.2, 0.25) is 0 Å². The third kappa shape index (κ3) is 2.96. The molecule has 26 heavy (non-hydrogen) atoms. The number of anilines is 2. The van der Waals surface area contributed by atoms with Gasteiger partial charge in [0.2, 0.25) is 0 Å². The summed E-state index contributed by atoms with van der Waals surface area (Å²) in [7, 11) is 1.87. The Hall–Kier alpha value is -2.75. The van der Waals surface area contributed by atoms with E-state index in [2.05, 4.69) is 30.3 Å². The number of thiazole rings is 1. The van der Waals surface area contributed by atoms with Crippen molar-refractivity contribution in [2.45, 2.75) is 6.92 Å². The van der Waals surface area contributed by atoms with Gasteiger partial charge in [-0.1, -0.05) is 11.3 Å². The van der Waals surface area contributed by atoms with Crippen molar-refractivity contribution in [3.05, 3.63) is 23.6 Å². The first-order valence-electron chi connectivity index (χ1n) is 8.54. The zero-order chi connectivity index (χ0) is 18.1. The molecule has 3 aromatic rings. The third-order valence-electron chi connectivity index (χ3n) is 4.42. The molecule has 0 aromatic carbocycles. The Labute approximate surface area is 154 Å². The fourth-order valence-corrected chi connectivity index (χ4v) is 3.94. The van der Waals surface area contributed by atoms with Crippen LogP contribution in [0.1, 0.15) is 16.6 Å². The first-order chi connectivity index (χ1) is 12.7. The molecule has 0 radical (unpaired) electrons. The molecule has 0 atom stereocenters. The smallest absolute Gasteiger partial charge is 0.265 e.